The molecule has 0 aromatic carbocycles. The van der Waals surface area contributed by atoms with Crippen LogP contribution in [0.1, 0.15) is 12.8 Å². The van der Waals surface area contributed by atoms with Crippen molar-refractivity contribution in [3.8, 4) is 0 Å². The summed E-state index contributed by atoms with van der Waals surface area (Å²) in [5.41, 5.74) is 0.593. The molecule has 21 heavy (non-hydrogen) atoms. The summed E-state index contributed by atoms with van der Waals surface area (Å²) in [4.78, 5) is 10.7. The molecule has 0 radical (unpaired) electrons. The van der Waals surface area contributed by atoms with Crippen molar-refractivity contribution in [2.75, 3.05) is 0 Å². The van der Waals surface area contributed by atoms with Crippen LogP contribution in [0.2, 0.25) is 0 Å². The van der Waals surface area contributed by atoms with E-state index in [4.69, 9.17) is 4.74 Å². The Morgan fingerprint density at radius 1 is 1.10 bits per heavy atom. The Bertz CT molecular complexity index is 587. The van der Waals surface area contributed by atoms with Gasteiger partial charge in [-0.15, -0.1) is 0 Å². The number of ketones is 1. The van der Waals surface area contributed by atoms with E-state index in [0.717, 1.165) is 12.2 Å². The molecule has 0 bridgehead atoms. The molecule has 0 amide bonds. The Morgan fingerprint density at radius 3 is 2.33 bits per heavy atom. The van der Waals surface area contributed by atoms with Crippen LogP contribution < -0.4 is 0 Å². The summed E-state index contributed by atoms with van der Waals surface area (Å²) < 4.78 is 78.5. The summed E-state index contributed by atoms with van der Waals surface area (Å²) in [6.07, 6.45) is -6.01. The third-order valence-electron chi connectivity index (χ3n) is 2.89. The molecule has 1 heterocycles. The average molecular weight is 310 g/mol. The third-order valence-corrected chi connectivity index (χ3v) is 2.89. The lowest BCUT2D eigenvalue weighted by molar-refractivity contribution is -0.165. The Kier molecular flexibility index (Phi) is 3.73. The van der Waals surface area contributed by atoms with Crippen LogP contribution in [-0.2, 0) is 9.53 Å². The van der Waals surface area contributed by atoms with E-state index in [-0.39, 0.29) is 17.8 Å². The standard InChI is InChI=1S/C13H8F6O2/c14-12(15,16)9(20)5-3-7-1-2-8-4-6-10(13(17,18)19)21-11(7)8/h3-6H,1-2H2/b5-3+. The summed E-state index contributed by atoms with van der Waals surface area (Å²) >= 11 is 0. The van der Waals surface area contributed by atoms with Crippen LogP contribution in [0.3, 0.4) is 0 Å². The van der Waals surface area contributed by atoms with Crippen LogP contribution >= 0.6 is 0 Å². The summed E-state index contributed by atoms with van der Waals surface area (Å²) in [6.45, 7) is 0. The Labute approximate surface area is 115 Å². The summed E-state index contributed by atoms with van der Waals surface area (Å²) in [5.74, 6) is -3.44. The average Bonchev–Trinajstić information content (AvgIpc) is 2.76. The SMILES string of the molecule is O=C(/C=C/C1=C2OC(C(F)(F)F)=CC=C2CC1)C(F)(F)F. The first-order valence-corrected chi connectivity index (χ1v) is 5.77. The van der Waals surface area contributed by atoms with Crippen LogP contribution in [0, 0.1) is 0 Å². The van der Waals surface area contributed by atoms with Gasteiger partial charge in [-0.3, -0.25) is 4.79 Å². The topological polar surface area (TPSA) is 26.3 Å². The zero-order valence-corrected chi connectivity index (χ0v) is 10.3. The first-order chi connectivity index (χ1) is 9.59. The van der Waals surface area contributed by atoms with Gasteiger partial charge >= 0.3 is 12.4 Å². The molecule has 0 fully saturated rings. The van der Waals surface area contributed by atoms with E-state index in [1.807, 2.05) is 0 Å². The van der Waals surface area contributed by atoms with Crippen LogP contribution in [0.25, 0.3) is 0 Å². The van der Waals surface area contributed by atoms with Gasteiger partial charge in [0.25, 0.3) is 5.78 Å². The fourth-order valence-corrected chi connectivity index (χ4v) is 1.90. The highest BCUT2D eigenvalue weighted by Crippen LogP contribution is 2.40. The Hall–Kier alpha value is -1.99. The van der Waals surface area contributed by atoms with Gasteiger partial charge in [-0.25, -0.2) is 0 Å². The van der Waals surface area contributed by atoms with Gasteiger partial charge in [0.05, 0.1) is 0 Å². The first-order valence-electron chi connectivity index (χ1n) is 5.77. The molecule has 2 aliphatic rings. The number of allylic oxidation sites excluding steroid dienone is 7. The predicted octanol–water partition coefficient (Wildman–Crippen LogP) is 4.12. The molecular formula is C13H8F6O2. The molecule has 0 atom stereocenters. The monoisotopic (exact) mass is 310 g/mol. The molecule has 0 aromatic heterocycles. The molecule has 2 nitrogen and oxygen atoms in total. The van der Waals surface area contributed by atoms with Gasteiger partial charge in [0, 0.05) is 0 Å². The number of halogens is 6. The normalized spacial score (nSPS) is 19.3. The summed E-state index contributed by atoms with van der Waals surface area (Å²) in [5, 5.41) is 0. The number of fused-ring (bicyclic) bond motifs is 1. The second kappa shape index (κ2) is 5.09. The lowest BCUT2D eigenvalue weighted by Gasteiger charge is -2.18. The lowest BCUT2D eigenvalue weighted by atomic mass is 10.1. The lowest BCUT2D eigenvalue weighted by Crippen LogP contribution is -2.20. The Morgan fingerprint density at radius 2 is 1.76 bits per heavy atom. The minimum Gasteiger partial charge on any atom is -0.452 e. The van der Waals surface area contributed by atoms with E-state index >= 15 is 0 Å². The minimum absolute atomic E-state index is 0.129. The second-order valence-electron chi connectivity index (χ2n) is 4.37. The van der Waals surface area contributed by atoms with Crippen molar-refractivity contribution in [2.24, 2.45) is 0 Å². The molecule has 1 aliphatic heterocycles. The fourth-order valence-electron chi connectivity index (χ4n) is 1.90. The van der Waals surface area contributed by atoms with Crippen molar-refractivity contribution in [3.05, 3.63) is 47.0 Å². The van der Waals surface area contributed by atoms with E-state index < -0.39 is 23.9 Å². The van der Waals surface area contributed by atoms with Gasteiger partial charge in [0.2, 0.25) is 5.76 Å². The van der Waals surface area contributed by atoms with Crippen LogP contribution in [0.4, 0.5) is 26.3 Å². The quantitative estimate of drug-likeness (QED) is 0.566. The molecule has 1 aliphatic carbocycles. The maximum absolute atomic E-state index is 12.5. The van der Waals surface area contributed by atoms with E-state index in [2.05, 4.69) is 0 Å². The number of hydrogen-bond acceptors (Lipinski definition) is 2. The van der Waals surface area contributed by atoms with Gasteiger partial charge in [-0.1, -0.05) is 12.2 Å². The number of alkyl halides is 6. The van der Waals surface area contributed by atoms with Gasteiger partial charge in [0.1, 0.15) is 5.76 Å². The summed E-state index contributed by atoms with van der Waals surface area (Å²) in [6, 6.07) is 0. The van der Waals surface area contributed by atoms with Crippen LogP contribution in [0.5, 0.6) is 0 Å². The molecule has 0 aromatic rings. The molecule has 0 saturated carbocycles. The molecule has 0 saturated heterocycles. The predicted molar refractivity (Wildman–Crippen MR) is 59.8 cm³/mol. The molecule has 2 rings (SSSR count). The minimum atomic E-state index is -5.01. The van der Waals surface area contributed by atoms with Crippen LogP contribution in [0.15, 0.2) is 47.0 Å². The van der Waals surface area contributed by atoms with E-state index in [1.54, 1.807) is 0 Å². The second-order valence-corrected chi connectivity index (χ2v) is 4.37. The summed E-state index contributed by atoms with van der Waals surface area (Å²) in [7, 11) is 0. The zero-order valence-electron chi connectivity index (χ0n) is 10.3. The molecule has 0 spiro atoms. The Balaban J connectivity index is 2.24. The third kappa shape index (κ3) is 3.37. The molecule has 8 heteroatoms. The first kappa shape index (κ1) is 15.4. The number of ether oxygens (including phenoxy) is 1. The highest BCUT2D eigenvalue weighted by atomic mass is 19.4. The van der Waals surface area contributed by atoms with Crippen molar-refractivity contribution in [1.82, 2.24) is 0 Å². The van der Waals surface area contributed by atoms with Crippen molar-refractivity contribution < 1.29 is 35.9 Å². The fraction of sp³-hybridized carbons (Fsp3) is 0.308. The van der Waals surface area contributed by atoms with Gasteiger partial charge in [-0.05, 0) is 36.1 Å². The van der Waals surface area contributed by atoms with E-state index in [9.17, 15) is 31.1 Å². The van der Waals surface area contributed by atoms with E-state index in [1.165, 1.54) is 6.08 Å². The highest BCUT2D eigenvalue weighted by Gasteiger charge is 2.40. The van der Waals surface area contributed by atoms with Gasteiger partial charge < -0.3 is 4.74 Å². The van der Waals surface area contributed by atoms with Gasteiger partial charge in [-0.2, -0.15) is 26.3 Å². The number of hydrogen-bond donors (Lipinski definition) is 0. The number of carbonyl (C=O) groups excluding carboxylic acids is 1. The largest absolute Gasteiger partial charge is 0.454 e. The van der Waals surface area contributed by atoms with Gasteiger partial charge in [0.15, 0.2) is 0 Å². The number of carbonyl (C=O) groups is 1. The van der Waals surface area contributed by atoms with Crippen molar-refractivity contribution in [2.45, 2.75) is 25.2 Å². The van der Waals surface area contributed by atoms with Crippen LogP contribution in [-0.4, -0.2) is 18.1 Å². The maximum atomic E-state index is 12.5. The molecule has 0 N–H and O–H groups in total. The maximum Gasteiger partial charge on any atom is 0.454 e. The highest BCUT2D eigenvalue weighted by molar-refractivity contribution is 5.94. The van der Waals surface area contributed by atoms with Crippen molar-refractivity contribution in [1.29, 1.82) is 0 Å². The molecule has 114 valence electrons. The van der Waals surface area contributed by atoms with Crippen molar-refractivity contribution in [3.63, 3.8) is 0 Å². The van der Waals surface area contributed by atoms with E-state index in [0.29, 0.717) is 18.1 Å². The zero-order chi connectivity index (χ0) is 15.8. The van der Waals surface area contributed by atoms with Crippen molar-refractivity contribution >= 4 is 5.78 Å². The number of rotatable bonds is 2. The molecular weight excluding hydrogens is 302 g/mol. The smallest absolute Gasteiger partial charge is 0.452 e. The molecule has 0 unspecified atom stereocenters.